The summed E-state index contributed by atoms with van der Waals surface area (Å²) in [6.45, 7) is 6.27. The van der Waals surface area contributed by atoms with Crippen molar-refractivity contribution >= 4 is 0 Å². The second kappa shape index (κ2) is 6.36. The fraction of sp³-hybridized carbons (Fsp3) is 0.400. The zero-order valence-corrected chi connectivity index (χ0v) is 11.1. The van der Waals surface area contributed by atoms with E-state index in [9.17, 15) is 0 Å². The van der Waals surface area contributed by atoms with Crippen LogP contribution >= 0.6 is 0 Å². The quantitative estimate of drug-likeness (QED) is 0.844. The summed E-state index contributed by atoms with van der Waals surface area (Å²) in [5.41, 5.74) is 2.57. The molecule has 0 aliphatic carbocycles. The Balaban J connectivity index is 1.93. The predicted molar refractivity (Wildman–Crippen MR) is 74.2 cm³/mol. The van der Waals surface area contributed by atoms with E-state index in [1.165, 1.54) is 11.3 Å². The summed E-state index contributed by atoms with van der Waals surface area (Å²) in [6, 6.07) is 10.9. The molecule has 1 N–H and O–H groups in total. The Hall–Kier alpha value is -1.61. The molecule has 0 aliphatic heterocycles. The van der Waals surface area contributed by atoms with Gasteiger partial charge in [-0.05, 0) is 18.9 Å². The standard InChI is InChI=1S/C15H21N3/c1-3-9-18-12-16-10-15(18)11-17-13(2)14-7-5-4-6-8-14/h4-8,10,12-13,17H,3,9,11H2,1-2H3/t13-/m1/s1. The number of nitrogens with one attached hydrogen (secondary N) is 1. The SMILES string of the molecule is CCCn1cncc1CN[C@H](C)c1ccccc1. The number of benzene rings is 1. The van der Waals surface area contributed by atoms with Crippen molar-refractivity contribution in [2.45, 2.75) is 39.4 Å². The van der Waals surface area contributed by atoms with Gasteiger partial charge in [-0.2, -0.15) is 0 Å². The predicted octanol–water partition coefficient (Wildman–Crippen LogP) is 3.14. The van der Waals surface area contributed by atoms with E-state index in [1.54, 1.807) is 0 Å². The maximum Gasteiger partial charge on any atom is 0.0948 e. The molecule has 0 fully saturated rings. The van der Waals surface area contributed by atoms with Crippen LogP contribution in [0.2, 0.25) is 0 Å². The van der Waals surface area contributed by atoms with Gasteiger partial charge in [-0.1, -0.05) is 37.3 Å². The van der Waals surface area contributed by atoms with Gasteiger partial charge in [0.15, 0.2) is 0 Å². The number of rotatable bonds is 6. The topological polar surface area (TPSA) is 29.9 Å². The van der Waals surface area contributed by atoms with Crippen molar-refractivity contribution in [3.63, 3.8) is 0 Å². The average Bonchev–Trinajstić information content (AvgIpc) is 2.85. The van der Waals surface area contributed by atoms with E-state index < -0.39 is 0 Å². The third kappa shape index (κ3) is 3.20. The van der Waals surface area contributed by atoms with Crippen LogP contribution in [-0.2, 0) is 13.1 Å². The van der Waals surface area contributed by atoms with Gasteiger partial charge >= 0.3 is 0 Å². The number of imidazole rings is 1. The zero-order chi connectivity index (χ0) is 12.8. The molecule has 2 aromatic rings. The minimum atomic E-state index is 0.358. The molecule has 1 aromatic heterocycles. The van der Waals surface area contributed by atoms with Crippen molar-refractivity contribution in [1.29, 1.82) is 0 Å². The highest BCUT2D eigenvalue weighted by Crippen LogP contribution is 2.12. The first kappa shape index (κ1) is 12.8. The molecule has 1 heterocycles. The summed E-state index contributed by atoms with van der Waals surface area (Å²) in [6.07, 6.45) is 4.99. The van der Waals surface area contributed by atoms with Gasteiger partial charge in [0.05, 0.1) is 12.0 Å². The molecule has 0 saturated carbocycles. The van der Waals surface area contributed by atoms with Crippen LogP contribution in [-0.4, -0.2) is 9.55 Å². The molecule has 18 heavy (non-hydrogen) atoms. The van der Waals surface area contributed by atoms with Crippen molar-refractivity contribution < 1.29 is 0 Å². The molecule has 2 rings (SSSR count). The Kier molecular flexibility index (Phi) is 4.53. The summed E-state index contributed by atoms with van der Waals surface area (Å²) in [7, 11) is 0. The second-order valence-corrected chi connectivity index (χ2v) is 4.59. The van der Waals surface area contributed by atoms with Gasteiger partial charge in [0.2, 0.25) is 0 Å². The fourth-order valence-electron chi connectivity index (χ4n) is 2.05. The van der Waals surface area contributed by atoms with E-state index in [1.807, 2.05) is 18.6 Å². The zero-order valence-electron chi connectivity index (χ0n) is 11.1. The third-order valence-electron chi connectivity index (χ3n) is 3.15. The molecule has 0 saturated heterocycles. The van der Waals surface area contributed by atoms with Gasteiger partial charge in [0, 0.05) is 25.3 Å². The highest BCUT2D eigenvalue weighted by atomic mass is 15.1. The molecule has 3 heteroatoms. The van der Waals surface area contributed by atoms with Crippen LogP contribution in [0.3, 0.4) is 0 Å². The Morgan fingerprint density at radius 3 is 2.78 bits per heavy atom. The van der Waals surface area contributed by atoms with E-state index >= 15 is 0 Å². The van der Waals surface area contributed by atoms with Crippen LogP contribution in [0, 0.1) is 0 Å². The lowest BCUT2D eigenvalue weighted by Gasteiger charge is -2.15. The second-order valence-electron chi connectivity index (χ2n) is 4.59. The monoisotopic (exact) mass is 243 g/mol. The smallest absolute Gasteiger partial charge is 0.0948 e. The number of hydrogen-bond donors (Lipinski definition) is 1. The lowest BCUT2D eigenvalue weighted by atomic mass is 10.1. The molecule has 0 unspecified atom stereocenters. The summed E-state index contributed by atoms with van der Waals surface area (Å²) in [4.78, 5) is 4.21. The first-order valence-electron chi connectivity index (χ1n) is 6.58. The number of hydrogen-bond acceptors (Lipinski definition) is 2. The fourth-order valence-corrected chi connectivity index (χ4v) is 2.05. The summed E-state index contributed by atoms with van der Waals surface area (Å²) >= 11 is 0. The summed E-state index contributed by atoms with van der Waals surface area (Å²) in [5, 5.41) is 3.54. The Bertz CT molecular complexity index is 462. The van der Waals surface area contributed by atoms with Crippen molar-refractivity contribution in [1.82, 2.24) is 14.9 Å². The van der Waals surface area contributed by atoms with Gasteiger partial charge in [-0.25, -0.2) is 4.98 Å². The van der Waals surface area contributed by atoms with Crippen LogP contribution in [0.15, 0.2) is 42.9 Å². The van der Waals surface area contributed by atoms with Gasteiger partial charge in [0.1, 0.15) is 0 Å². The Morgan fingerprint density at radius 2 is 2.06 bits per heavy atom. The lowest BCUT2D eigenvalue weighted by Crippen LogP contribution is -2.20. The highest BCUT2D eigenvalue weighted by molar-refractivity contribution is 5.18. The van der Waals surface area contributed by atoms with E-state index in [2.05, 4.69) is 53.0 Å². The number of nitrogens with zero attached hydrogens (tertiary/aromatic N) is 2. The van der Waals surface area contributed by atoms with E-state index in [4.69, 9.17) is 0 Å². The van der Waals surface area contributed by atoms with Crippen LogP contribution in [0.25, 0.3) is 0 Å². The number of aryl methyl sites for hydroxylation is 1. The van der Waals surface area contributed by atoms with Crippen LogP contribution < -0.4 is 5.32 Å². The van der Waals surface area contributed by atoms with Crippen LogP contribution in [0.5, 0.6) is 0 Å². The third-order valence-corrected chi connectivity index (χ3v) is 3.15. The molecule has 0 radical (unpaired) electrons. The molecule has 1 aromatic carbocycles. The molecule has 0 amide bonds. The molecule has 96 valence electrons. The van der Waals surface area contributed by atoms with Crippen molar-refractivity contribution in [2.24, 2.45) is 0 Å². The minimum absolute atomic E-state index is 0.358. The normalized spacial score (nSPS) is 12.6. The molecule has 0 aliphatic rings. The van der Waals surface area contributed by atoms with E-state index in [0.717, 1.165) is 19.5 Å². The van der Waals surface area contributed by atoms with E-state index in [0.29, 0.717) is 6.04 Å². The minimum Gasteiger partial charge on any atom is -0.333 e. The maximum atomic E-state index is 4.21. The van der Waals surface area contributed by atoms with Gasteiger partial charge in [-0.3, -0.25) is 0 Å². The average molecular weight is 243 g/mol. The largest absolute Gasteiger partial charge is 0.333 e. The van der Waals surface area contributed by atoms with Crippen molar-refractivity contribution in [2.75, 3.05) is 0 Å². The Labute approximate surface area is 109 Å². The highest BCUT2D eigenvalue weighted by Gasteiger charge is 2.06. The molecular weight excluding hydrogens is 222 g/mol. The molecule has 1 atom stereocenters. The summed E-state index contributed by atoms with van der Waals surface area (Å²) in [5.74, 6) is 0. The van der Waals surface area contributed by atoms with Gasteiger partial charge in [-0.15, -0.1) is 0 Å². The molecule has 0 spiro atoms. The first-order chi connectivity index (χ1) is 8.81. The lowest BCUT2D eigenvalue weighted by molar-refractivity contribution is 0.541. The number of aromatic nitrogens is 2. The molecule has 0 bridgehead atoms. The molecule has 3 nitrogen and oxygen atoms in total. The van der Waals surface area contributed by atoms with Crippen LogP contribution in [0.1, 0.15) is 37.6 Å². The van der Waals surface area contributed by atoms with Crippen LogP contribution in [0.4, 0.5) is 0 Å². The first-order valence-corrected chi connectivity index (χ1v) is 6.58. The summed E-state index contributed by atoms with van der Waals surface area (Å²) < 4.78 is 2.21. The van der Waals surface area contributed by atoms with E-state index in [-0.39, 0.29) is 0 Å². The van der Waals surface area contributed by atoms with Crippen molar-refractivity contribution in [3.05, 3.63) is 54.1 Å². The maximum absolute atomic E-state index is 4.21. The Morgan fingerprint density at radius 1 is 1.28 bits per heavy atom. The van der Waals surface area contributed by atoms with Gasteiger partial charge < -0.3 is 9.88 Å². The van der Waals surface area contributed by atoms with Gasteiger partial charge in [0.25, 0.3) is 0 Å². The molecular formula is C15H21N3. The van der Waals surface area contributed by atoms with Crippen molar-refractivity contribution in [3.8, 4) is 0 Å².